The second-order valence-electron chi connectivity index (χ2n) is 7.47. The summed E-state index contributed by atoms with van der Waals surface area (Å²) in [7, 11) is 1.66. The van der Waals surface area contributed by atoms with Crippen molar-refractivity contribution >= 4 is 23.1 Å². The van der Waals surface area contributed by atoms with Crippen LogP contribution in [0.15, 0.2) is 66.9 Å². The molecular weight excluding hydrogens is 395 g/mol. The molecule has 1 aliphatic heterocycles. The number of pyridine rings is 1. The van der Waals surface area contributed by atoms with Crippen molar-refractivity contribution in [1.29, 1.82) is 0 Å². The van der Waals surface area contributed by atoms with Gasteiger partial charge in [0.2, 0.25) is 0 Å². The maximum absolute atomic E-state index is 13.5. The van der Waals surface area contributed by atoms with Crippen LogP contribution in [0.5, 0.6) is 5.75 Å². The Bertz CT molecular complexity index is 1060. The van der Waals surface area contributed by atoms with E-state index in [1.54, 1.807) is 37.6 Å². The van der Waals surface area contributed by atoms with Crippen LogP contribution in [0.4, 0.5) is 21.6 Å². The third-order valence-corrected chi connectivity index (χ3v) is 5.32. The molecule has 1 amide bonds. The minimum absolute atomic E-state index is 0.00612. The molecule has 31 heavy (non-hydrogen) atoms. The second-order valence-corrected chi connectivity index (χ2v) is 7.47. The Morgan fingerprint density at radius 3 is 2.87 bits per heavy atom. The lowest BCUT2D eigenvalue weighted by molar-refractivity contribution is 0.0933. The maximum atomic E-state index is 13.5. The molecule has 7 heteroatoms. The van der Waals surface area contributed by atoms with Crippen LogP contribution in [0.25, 0.3) is 0 Å². The largest absolute Gasteiger partial charge is 0.495 e. The lowest BCUT2D eigenvalue weighted by Crippen LogP contribution is -2.48. The highest BCUT2D eigenvalue weighted by molar-refractivity contribution is 5.99. The number of piperidine rings is 1. The van der Waals surface area contributed by atoms with Crippen LogP contribution in [-0.4, -0.2) is 37.1 Å². The first-order valence-electron chi connectivity index (χ1n) is 10.3. The Morgan fingerprint density at radius 2 is 2.03 bits per heavy atom. The van der Waals surface area contributed by atoms with Gasteiger partial charge in [-0.1, -0.05) is 18.2 Å². The van der Waals surface area contributed by atoms with Gasteiger partial charge in [-0.3, -0.25) is 4.79 Å². The SMILES string of the molecule is COc1ccccc1N1CCCC(NC(=O)c2cccnc2Nc2cccc(F)c2)C1. The molecule has 1 aliphatic rings. The van der Waals surface area contributed by atoms with Gasteiger partial charge in [0.25, 0.3) is 5.91 Å². The summed E-state index contributed by atoms with van der Waals surface area (Å²) in [5.74, 6) is 0.649. The molecule has 0 saturated carbocycles. The average molecular weight is 420 g/mol. The fourth-order valence-electron chi connectivity index (χ4n) is 3.86. The summed E-state index contributed by atoms with van der Waals surface area (Å²) >= 11 is 0. The zero-order valence-electron chi connectivity index (χ0n) is 17.3. The first-order chi connectivity index (χ1) is 15.1. The van der Waals surface area contributed by atoms with Gasteiger partial charge in [0.15, 0.2) is 0 Å². The number of hydrogen-bond acceptors (Lipinski definition) is 5. The number of carbonyl (C=O) groups excluding carboxylic acids is 1. The highest BCUT2D eigenvalue weighted by atomic mass is 19.1. The van der Waals surface area contributed by atoms with Gasteiger partial charge in [-0.05, 0) is 55.3 Å². The number of halogens is 1. The third kappa shape index (κ3) is 4.94. The molecule has 1 saturated heterocycles. The monoisotopic (exact) mass is 420 g/mol. The molecule has 3 aromatic rings. The molecule has 0 radical (unpaired) electrons. The zero-order valence-corrected chi connectivity index (χ0v) is 17.3. The summed E-state index contributed by atoms with van der Waals surface area (Å²) in [6, 6.07) is 17.4. The molecule has 2 heterocycles. The Balaban J connectivity index is 1.47. The summed E-state index contributed by atoms with van der Waals surface area (Å²) in [5.41, 5.74) is 1.98. The summed E-state index contributed by atoms with van der Waals surface area (Å²) < 4.78 is 19.0. The molecule has 0 bridgehead atoms. The van der Waals surface area contributed by atoms with Crippen molar-refractivity contribution in [2.24, 2.45) is 0 Å². The van der Waals surface area contributed by atoms with Crippen molar-refractivity contribution < 1.29 is 13.9 Å². The van der Waals surface area contributed by atoms with E-state index in [2.05, 4.69) is 20.5 Å². The highest BCUT2D eigenvalue weighted by Crippen LogP contribution is 2.30. The standard InChI is InChI=1S/C24H25FN4O2/c1-31-22-12-3-2-11-21(22)29-14-6-9-19(16-29)28-24(30)20-10-5-13-26-23(20)27-18-8-4-7-17(25)15-18/h2-5,7-8,10-13,15,19H,6,9,14,16H2,1H3,(H,26,27)(H,28,30). The van der Waals surface area contributed by atoms with Gasteiger partial charge in [0, 0.05) is 31.0 Å². The van der Waals surface area contributed by atoms with E-state index in [-0.39, 0.29) is 17.8 Å². The van der Waals surface area contributed by atoms with E-state index in [0.29, 0.717) is 23.6 Å². The Labute approximate surface area is 181 Å². The van der Waals surface area contributed by atoms with E-state index < -0.39 is 0 Å². The predicted octanol–water partition coefficient (Wildman–Crippen LogP) is 4.37. The fourth-order valence-corrected chi connectivity index (χ4v) is 3.86. The van der Waals surface area contributed by atoms with Crippen LogP contribution in [0, 0.1) is 5.82 Å². The van der Waals surface area contributed by atoms with Gasteiger partial charge in [-0.25, -0.2) is 9.37 Å². The number of methoxy groups -OCH3 is 1. The van der Waals surface area contributed by atoms with Crippen molar-refractivity contribution in [2.45, 2.75) is 18.9 Å². The lowest BCUT2D eigenvalue weighted by Gasteiger charge is -2.35. The van der Waals surface area contributed by atoms with Gasteiger partial charge in [-0.2, -0.15) is 0 Å². The topological polar surface area (TPSA) is 66.5 Å². The quantitative estimate of drug-likeness (QED) is 0.620. The average Bonchev–Trinajstić information content (AvgIpc) is 2.79. The molecule has 6 nitrogen and oxygen atoms in total. The number of rotatable bonds is 6. The van der Waals surface area contributed by atoms with Crippen LogP contribution in [-0.2, 0) is 0 Å². The number of anilines is 3. The van der Waals surface area contributed by atoms with E-state index in [4.69, 9.17) is 4.74 Å². The Kier molecular flexibility index (Phi) is 6.31. The summed E-state index contributed by atoms with van der Waals surface area (Å²) in [6.45, 7) is 1.60. The number of nitrogens with zero attached hydrogens (tertiary/aromatic N) is 2. The molecule has 0 aliphatic carbocycles. The zero-order chi connectivity index (χ0) is 21.6. The van der Waals surface area contributed by atoms with Crippen molar-refractivity contribution in [3.63, 3.8) is 0 Å². The van der Waals surface area contributed by atoms with Crippen molar-refractivity contribution in [2.75, 3.05) is 30.4 Å². The second kappa shape index (κ2) is 9.47. The van der Waals surface area contributed by atoms with Crippen molar-refractivity contribution in [3.8, 4) is 5.75 Å². The minimum Gasteiger partial charge on any atom is -0.495 e. The highest BCUT2D eigenvalue weighted by Gasteiger charge is 2.24. The van der Waals surface area contributed by atoms with Gasteiger partial charge in [-0.15, -0.1) is 0 Å². The molecule has 1 unspecified atom stereocenters. The number of aromatic nitrogens is 1. The number of hydrogen-bond donors (Lipinski definition) is 2. The van der Waals surface area contributed by atoms with Gasteiger partial charge < -0.3 is 20.3 Å². The number of ether oxygens (including phenoxy) is 1. The number of carbonyl (C=O) groups is 1. The molecule has 2 aromatic carbocycles. The van der Waals surface area contributed by atoms with Crippen molar-refractivity contribution in [3.05, 3.63) is 78.2 Å². The van der Waals surface area contributed by atoms with Crippen molar-refractivity contribution in [1.82, 2.24) is 10.3 Å². The third-order valence-electron chi connectivity index (χ3n) is 5.32. The van der Waals surface area contributed by atoms with E-state index in [1.807, 2.05) is 24.3 Å². The molecule has 1 fully saturated rings. The first-order valence-corrected chi connectivity index (χ1v) is 10.3. The lowest BCUT2D eigenvalue weighted by atomic mass is 10.0. The van der Waals surface area contributed by atoms with E-state index in [1.165, 1.54) is 12.1 Å². The van der Waals surface area contributed by atoms with Crippen LogP contribution in [0.3, 0.4) is 0 Å². The molecule has 160 valence electrons. The number of nitrogens with one attached hydrogen (secondary N) is 2. The van der Waals surface area contributed by atoms with Gasteiger partial charge in [0.05, 0.1) is 18.4 Å². The van der Waals surface area contributed by atoms with Crippen LogP contribution in [0.2, 0.25) is 0 Å². The first kappa shape index (κ1) is 20.7. The van der Waals surface area contributed by atoms with E-state index in [9.17, 15) is 9.18 Å². The smallest absolute Gasteiger partial charge is 0.255 e. The van der Waals surface area contributed by atoms with E-state index in [0.717, 1.165) is 30.8 Å². The minimum atomic E-state index is -0.356. The summed E-state index contributed by atoms with van der Waals surface area (Å²) in [4.78, 5) is 19.6. The molecule has 2 N–H and O–H groups in total. The van der Waals surface area contributed by atoms with Gasteiger partial charge in [0.1, 0.15) is 17.4 Å². The summed E-state index contributed by atoms with van der Waals surface area (Å²) in [6.07, 6.45) is 3.46. The molecule has 4 rings (SSSR count). The van der Waals surface area contributed by atoms with Crippen LogP contribution in [0.1, 0.15) is 23.2 Å². The summed E-state index contributed by atoms with van der Waals surface area (Å²) in [5, 5.41) is 6.18. The molecule has 0 spiro atoms. The van der Waals surface area contributed by atoms with Crippen LogP contribution >= 0.6 is 0 Å². The molecule has 1 atom stereocenters. The predicted molar refractivity (Wildman–Crippen MR) is 120 cm³/mol. The normalized spacial score (nSPS) is 15.9. The fraction of sp³-hybridized carbons (Fsp3) is 0.250. The molecule has 1 aromatic heterocycles. The molecular formula is C24H25FN4O2. The number of amides is 1. The number of benzene rings is 2. The number of para-hydroxylation sites is 2. The Morgan fingerprint density at radius 1 is 1.16 bits per heavy atom. The van der Waals surface area contributed by atoms with Crippen LogP contribution < -0.4 is 20.3 Å². The van der Waals surface area contributed by atoms with E-state index >= 15 is 0 Å². The van der Waals surface area contributed by atoms with Gasteiger partial charge >= 0.3 is 0 Å². The Hall–Kier alpha value is -3.61. The maximum Gasteiger partial charge on any atom is 0.255 e.